The van der Waals surface area contributed by atoms with Crippen molar-refractivity contribution in [1.82, 2.24) is 5.32 Å². The first-order valence-corrected chi connectivity index (χ1v) is 4.70. The summed E-state index contributed by atoms with van der Waals surface area (Å²) in [5.74, 6) is 0. The predicted octanol–water partition coefficient (Wildman–Crippen LogP) is 0.774. The smallest absolute Gasteiger partial charge is 0.387 e. The van der Waals surface area contributed by atoms with Crippen LogP contribution in [0.4, 0.5) is 0 Å². The van der Waals surface area contributed by atoms with Gasteiger partial charge in [-0.1, -0.05) is 20.8 Å². The van der Waals surface area contributed by atoms with Crippen molar-refractivity contribution < 1.29 is 18.8 Å². The lowest BCUT2D eigenvalue weighted by molar-refractivity contribution is -0.0760. The van der Waals surface area contributed by atoms with Gasteiger partial charge in [0.25, 0.3) is 0 Å². The summed E-state index contributed by atoms with van der Waals surface area (Å²) in [7, 11) is -0.305. The van der Waals surface area contributed by atoms with Gasteiger partial charge < -0.3 is 18.8 Å². The predicted molar refractivity (Wildman–Crippen MR) is 52.4 cm³/mol. The van der Waals surface area contributed by atoms with Crippen molar-refractivity contribution in [3.63, 3.8) is 0 Å². The quantitative estimate of drug-likeness (QED) is 0.589. The molecule has 0 bridgehead atoms. The SMILES string of the molecule is CC(C)(C)B1OCOCNCOCO1. The molecule has 0 unspecified atom stereocenters. The molecule has 0 saturated carbocycles. The maximum Gasteiger partial charge on any atom is 0.466 e. The number of hydrogen-bond acceptors (Lipinski definition) is 5. The van der Waals surface area contributed by atoms with Gasteiger partial charge in [-0.3, -0.25) is 5.32 Å². The van der Waals surface area contributed by atoms with Crippen molar-refractivity contribution in [2.45, 2.75) is 26.1 Å². The lowest BCUT2D eigenvalue weighted by Gasteiger charge is -2.26. The molecule has 1 aliphatic heterocycles. The van der Waals surface area contributed by atoms with E-state index in [1.165, 1.54) is 0 Å². The highest BCUT2D eigenvalue weighted by Gasteiger charge is 2.34. The summed E-state index contributed by atoms with van der Waals surface area (Å²) in [6.07, 6.45) is 0. The van der Waals surface area contributed by atoms with Gasteiger partial charge in [-0.2, -0.15) is 0 Å². The van der Waals surface area contributed by atoms with Crippen LogP contribution in [0.25, 0.3) is 0 Å². The van der Waals surface area contributed by atoms with E-state index in [2.05, 4.69) is 5.32 Å². The molecule has 1 rings (SSSR count). The van der Waals surface area contributed by atoms with E-state index in [0.29, 0.717) is 13.5 Å². The zero-order chi connectivity index (χ0) is 10.4. The first-order chi connectivity index (χ1) is 6.61. The maximum atomic E-state index is 5.42. The molecular weight excluding hydrogens is 185 g/mol. The second-order valence-electron chi connectivity index (χ2n) is 4.21. The normalized spacial score (nSPS) is 22.1. The molecule has 0 aromatic carbocycles. The molecule has 82 valence electrons. The molecule has 0 radical (unpaired) electrons. The lowest BCUT2D eigenvalue weighted by atomic mass is 9.61. The van der Waals surface area contributed by atoms with Crippen molar-refractivity contribution in [2.75, 3.05) is 27.0 Å². The molecule has 1 fully saturated rings. The highest BCUT2D eigenvalue weighted by atomic mass is 16.7. The van der Waals surface area contributed by atoms with Gasteiger partial charge >= 0.3 is 7.12 Å². The number of rotatable bonds is 0. The Balaban J connectivity index is 2.38. The van der Waals surface area contributed by atoms with Crippen molar-refractivity contribution in [3.8, 4) is 0 Å². The van der Waals surface area contributed by atoms with E-state index >= 15 is 0 Å². The van der Waals surface area contributed by atoms with Crippen LogP contribution in [0.1, 0.15) is 20.8 Å². The van der Waals surface area contributed by atoms with Gasteiger partial charge in [-0.25, -0.2) is 0 Å². The molecule has 0 aromatic heterocycles. The van der Waals surface area contributed by atoms with Gasteiger partial charge in [0.15, 0.2) is 0 Å². The Bertz CT molecular complexity index is 152. The second-order valence-corrected chi connectivity index (χ2v) is 4.21. The van der Waals surface area contributed by atoms with E-state index in [-0.39, 0.29) is 26.0 Å². The summed E-state index contributed by atoms with van der Waals surface area (Å²) < 4.78 is 21.1. The minimum absolute atomic E-state index is 0.0840. The average Bonchev–Trinajstić information content (AvgIpc) is 2.12. The third kappa shape index (κ3) is 4.39. The van der Waals surface area contributed by atoms with Crippen LogP contribution in [0.2, 0.25) is 5.31 Å². The zero-order valence-electron chi connectivity index (χ0n) is 9.04. The summed E-state index contributed by atoms with van der Waals surface area (Å²) in [5.41, 5.74) is 0. The van der Waals surface area contributed by atoms with Gasteiger partial charge in [0.1, 0.15) is 27.0 Å². The topological polar surface area (TPSA) is 49.0 Å². The van der Waals surface area contributed by atoms with E-state index in [4.69, 9.17) is 18.8 Å². The van der Waals surface area contributed by atoms with E-state index < -0.39 is 0 Å². The first-order valence-electron chi connectivity index (χ1n) is 4.70. The standard InChI is InChI=1S/C8H18BNO4/c1-8(2,3)9-13-6-11-4-10-5-12-7-14-9/h10H,4-7H2,1-3H3. The largest absolute Gasteiger partial charge is 0.466 e. The summed E-state index contributed by atoms with van der Waals surface area (Å²) >= 11 is 0. The number of hydrogen-bond donors (Lipinski definition) is 1. The van der Waals surface area contributed by atoms with Crippen LogP contribution >= 0.6 is 0 Å². The molecule has 14 heavy (non-hydrogen) atoms. The Kier molecular flexibility index (Phi) is 4.84. The van der Waals surface area contributed by atoms with Crippen LogP contribution in [0, 0.1) is 0 Å². The first kappa shape index (κ1) is 11.9. The van der Waals surface area contributed by atoms with Crippen molar-refractivity contribution >= 4 is 7.12 Å². The highest BCUT2D eigenvalue weighted by Crippen LogP contribution is 2.28. The third-order valence-corrected chi connectivity index (χ3v) is 1.72. The summed E-state index contributed by atoms with van der Waals surface area (Å²) in [5, 5.41) is 2.82. The van der Waals surface area contributed by atoms with Crippen LogP contribution in [0.3, 0.4) is 0 Å². The van der Waals surface area contributed by atoms with Crippen LogP contribution in [0.15, 0.2) is 0 Å². The van der Waals surface area contributed by atoms with E-state index in [1.807, 2.05) is 20.8 Å². The molecule has 1 N–H and O–H groups in total. The Labute approximate surface area is 85.2 Å². The van der Waals surface area contributed by atoms with Crippen LogP contribution < -0.4 is 5.32 Å². The Morgan fingerprint density at radius 3 is 1.93 bits per heavy atom. The molecule has 5 nitrogen and oxygen atoms in total. The molecule has 0 atom stereocenters. The van der Waals surface area contributed by atoms with Crippen LogP contribution in [-0.2, 0) is 18.8 Å². The van der Waals surface area contributed by atoms with Crippen LogP contribution in [0.5, 0.6) is 0 Å². The molecule has 0 aromatic rings. The second kappa shape index (κ2) is 5.67. The van der Waals surface area contributed by atoms with Gasteiger partial charge in [0.05, 0.1) is 0 Å². The molecular formula is C8H18BNO4. The Hall–Kier alpha value is -0.135. The van der Waals surface area contributed by atoms with E-state index in [9.17, 15) is 0 Å². The van der Waals surface area contributed by atoms with Gasteiger partial charge in [0, 0.05) is 0 Å². The molecule has 1 aliphatic rings. The van der Waals surface area contributed by atoms with Crippen molar-refractivity contribution in [3.05, 3.63) is 0 Å². The van der Waals surface area contributed by atoms with Crippen molar-refractivity contribution in [1.29, 1.82) is 0 Å². The van der Waals surface area contributed by atoms with Gasteiger partial charge in [-0.05, 0) is 5.31 Å². The van der Waals surface area contributed by atoms with Crippen molar-refractivity contribution in [2.24, 2.45) is 0 Å². The summed E-state index contributed by atoms with van der Waals surface area (Å²) in [4.78, 5) is 0. The Morgan fingerprint density at radius 1 is 1.00 bits per heavy atom. The molecule has 1 saturated heterocycles. The summed E-state index contributed by atoms with van der Waals surface area (Å²) in [6.45, 7) is 7.45. The van der Waals surface area contributed by atoms with Crippen LogP contribution in [-0.4, -0.2) is 34.2 Å². The summed E-state index contributed by atoms with van der Waals surface area (Å²) in [6, 6.07) is 0. The zero-order valence-corrected chi connectivity index (χ0v) is 9.04. The van der Waals surface area contributed by atoms with Gasteiger partial charge in [-0.15, -0.1) is 0 Å². The molecule has 1 heterocycles. The number of ether oxygens (including phenoxy) is 2. The van der Waals surface area contributed by atoms with E-state index in [0.717, 1.165) is 0 Å². The third-order valence-electron chi connectivity index (χ3n) is 1.72. The fraction of sp³-hybridized carbons (Fsp3) is 1.00. The maximum absolute atomic E-state index is 5.42. The van der Waals surface area contributed by atoms with E-state index in [1.54, 1.807) is 0 Å². The van der Waals surface area contributed by atoms with Gasteiger partial charge in [0.2, 0.25) is 0 Å². The lowest BCUT2D eigenvalue weighted by Crippen LogP contribution is -2.37. The average molecular weight is 203 g/mol. The molecule has 6 heteroatoms. The highest BCUT2D eigenvalue weighted by molar-refractivity contribution is 6.48. The minimum atomic E-state index is -0.305. The monoisotopic (exact) mass is 203 g/mol. The minimum Gasteiger partial charge on any atom is -0.387 e. The molecule has 0 spiro atoms. The Morgan fingerprint density at radius 2 is 1.50 bits per heavy atom. The fourth-order valence-corrected chi connectivity index (χ4v) is 1.04. The molecule has 0 amide bonds. The molecule has 0 aliphatic carbocycles. The number of nitrogens with one attached hydrogen (secondary N) is 1. The fourth-order valence-electron chi connectivity index (χ4n) is 1.04.